The van der Waals surface area contributed by atoms with Crippen LogP contribution in [0.4, 0.5) is 5.69 Å². The van der Waals surface area contributed by atoms with Gasteiger partial charge in [0.1, 0.15) is 6.61 Å². The van der Waals surface area contributed by atoms with E-state index in [1.165, 1.54) is 0 Å². The number of aromatic amines is 1. The molecule has 0 aliphatic heterocycles. The summed E-state index contributed by atoms with van der Waals surface area (Å²) in [6.45, 7) is 3.90. The number of carbonyl (C=O) groups is 1. The van der Waals surface area contributed by atoms with E-state index in [1.54, 1.807) is 18.3 Å². The molecule has 0 saturated heterocycles. The highest BCUT2D eigenvalue weighted by molar-refractivity contribution is 6.13. The number of hydrogen-bond donors (Lipinski definition) is 2. The van der Waals surface area contributed by atoms with Crippen LogP contribution in [0.1, 0.15) is 47.9 Å². The van der Waals surface area contributed by atoms with Crippen LogP contribution in [0.5, 0.6) is 5.88 Å². The van der Waals surface area contributed by atoms with E-state index in [9.17, 15) is 4.79 Å². The number of aryl methyl sites for hydroxylation is 1. The predicted octanol–water partition coefficient (Wildman–Crippen LogP) is 2.46. The highest BCUT2D eigenvalue weighted by Crippen LogP contribution is 2.24. The molecule has 2 aromatic heterocycles. The van der Waals surface area contributed by atoms with Gasteiger partial charge in [0.2, 0.25) is 5.88 Å². The van der Waals surface area contributed by atoms with Gasteiger partial charge in [0.25, 0.3) is 5.91 Å². The quantitative estimate of drug-likeness (QED) is 0.495. The van der Waals surface area contributed by atoms with Crippen molar-refractivity contribution in [2.24, 2.45) is 5.16 Å². The second-order valence-electron chi connectivity index (χ2n) is 7.08. The number of anilines is 1. The first kappa shape index (κ1) is 20.8. The monoisotopic (exact) mass is 400 g/mol. The minimum atomic E-state index is -0.310. The molecule has 3 rings (SSSR count). The average molecular weight is 400 g/mol. The van der Waals surface area contributed by atoms with Crippen molar-refractivity contribution in [2.45, 2.75) is 32.6 Å². The molecule has 0 aromatic carbocycles. The molecule has 0 atom stereocenters. The fraction of sp³-hybridized carbons (Fsp3) is 0.500. The zero-order valence-corrected chi connectivity index (χ0v) is 17.2. The largest absolute Gasteiger partial charge is 0.478 e. The second-order valence-corrected chi connectivity index (χ2v) is 7.08. The predicted molar refractivity (Wildman–Crippen MR) is 111 cm³/mol. The van der Waals surface area contributed by atoms with Gasteiger partial charge in [0.05, 0.1) is 29.8 Å². The first-order chi connectivity index (χ1) is 14.1. The van der Waals surface area contributed by atoms with E-state index < -0.39 is 0 Å². The van der Waals surface area contributed by atoms with Gasteiger partial charge in [-0.1, -0.05) is 5.16 Å². The molecule has 29 heavy (non-hydrogen) atoms. The number of carbonyl (C=O) groups excluding carboxylic acids is 1. The van der Waals surface area contributed by atoms with E-state index in [-0.39, 0.29) is 5.91 Å². The Hall–Kier alpha value is -2.94. The van der Waals surface area contributed by atoms with Crippen molar-refractivity contribution in [3.63, 3.8) is 0 Å². The average Bonchev–Trinajstić information content (AvgIpc) is 3.15. The van der Waals surface area contributed by atoms with Crippen LogP contribution in [0, 0.1) is 0 Å². The van der Waals surface area contributed by atoms with Crippen LogP contribution in [0.15, 0.2) is 23.5 Å². The number of amides is 1. The van der Waals surface area contributed by atoms with Gasteiger partial charge in [-0.05, 0) is 52.8 Å². The van der Waals surface area contributed by atoms with Gasteiger partial charge in [-0.25, -0.2) is 4.98 Å². The number of oxime groups is 1. The number of H-pyrrole nitrogens is 1. The molecule has 2 N–H and O–H groups in total. The number of ether oxygens (including phenoxy) is 1. The summed E-state index contributed by atoms with van der Waals surface area (Å²) in [5, 5.41) is 14.2. The molecule has 2 aromatic rings. The zero-order chi connectivity index (χ0) is 20.6. The Kier molecular flexibility index (Phi) is 7.18. The number of rotatable bonds is 9. The standard InChI is InChI=1S/C20H28N6O3/c1-4-29-25-16-8-5-7-15-18(16)19(24-23-15)20(27)22-14-9-10-17(21-13-14)28-12-6-11-26(2)3/h9-10,13H,4-8,11-12H2,1-3H3,(H,22,27)(H,23,24). The first-order valence-electron chi connectivity index (χ1n) is 9.90. The fourth-order valence-electron chi connectivity index (χ4n) is 3.11. The van der Waals surface area contributed by atoms with Gasteiger partial charge in [0.15, 0.2) is 5.69 Å². The summed E-state index contributed by atoms with van der Waals surface area (Å²) in [7, 11) is 4.05. The lowest BCUT2D eigenvalue weighted by molar-refractivity contribution is 0.102. The Morgan fingerprint density at radius 2 is 2.21 bits per heavy atom. The van der Waals surface area contributed by atoms with Crippen LogP contribution in [0.2, 0.25) is 0 Å². The molecule has 0 spiro atoms. The maximum absolute atomic E-state index is 12.8. The molecule has 0 fully saturated rings. The van der Waals surface area contributed by atoms with Crippen molar-refractivity contribution in [1.82, 2.24) is 20.1 Å². The van der Waals surface area contributed by atoms with Crippen molar-refractivity contribution in [2.75, 3.05) is 39.2 Å². The van der Waals surface area contributed by atoms with Gasteiger partial charge in [-0.3, -0.25) is 9.89 Å². The SMILES string of the molecule is CCON=C1CCCc2[nH]nc(C(=O)Nc3ccc(OCCCN(C)C)nc3)c21. The normalized spacial score (nSPS) is 14.7. The third kappa shape index (κ3) is 5.54. The van der Waals surface area contributed by atoms with Crippen LogP contribution in [0.25, 0.3) is 0 Å². The Balaban J connectivity index is 1.63. The summed E-state index contributed by atoms with van der Waals surface area (Å²) in [6, 6.07) is 3.51. The molecule has 156 valence electrons. The maximum Gasteiger partial charge on any atom is 0.276 e. The van der Waals surface area contributed by atoms with Crippen molar-refractivity contribution < 1.29 is 14.4 Å². The van der Waals surface area contributed by atoms with Crippen LogP contribution in [-0.2, 0) is 11.3 Å². The molecule has 9 nitrogen and oxygen atoms in total. The molecular formula is C20H28N6O3. The number of hydrogen-bond acceptors (Lipinski definition) is 7. The Morgan fingerprint density at radius 1 is 1.34 bits per heavy atom. The molecular weight excluding hydrogens is 372 g/mol. The number of nitrogens with zero attached hydrogens (tertiary/aromatic N) is 4. The summed E-state index contributed by atoms with van der Waals surface area (Å²) in [4.78, 5) is 24.3. The molecule has 1 aliphatic rings. The third-order valence-corrected chi connectivity index (χ3v) is 4.48. The fourth-order valence-corrected chi connectivity index (χ4v) is 3.11. The molecule has 9 heteroatoms. The summed E-state index contributed by atoms with van der Waals surface area (Å²) in [6.07, 6.45) is 5.04. The van der Waals surface area contributed by atoms with Gasteiger partial charge in [-0.2, -0.15) is 5.10 Å². The minimum absolute atomic E-state index is 0.310. The van der Waals surface area contributed by atoms with Crippen LogP contribution in [-0.4, -0.2) is 65.6 Å². The molecule has 1 amide bonds. The molecule has 0 unspecified atom stereocenters. The van der Waals surface area contributed by atoms with E-state index in [1.807, 2.05) is 21.0 Å². The summed E-state index contributed by atoms with van der Waals surface area (Å²) in [5.41, 5.74) is 3.32. The smallest absolute Gasteiger partial charge is 0.276 e. The number of nitrogens with one attached hydrogen (secondary N) is 2. The van der Waals surface area contributed by atoms with Crippen molar-refractivity contribution in [3.05, 3.63) is 35.3 Å². The third-order valence-electron chi connectivity index (χ3n) is 4.48. The van der Waals surface area contributed by atoms with Gasteiger partial charge >= 0.3 is 0 Å². The molecule has 0 saturated carbocycles. The zero-order valence-electron chi connectivity index (χ0n) is 17.2. The van der Waals surface area contributed by atoms with E-state index in [0.717, 1.165) is 49.2 Å². The van der Waals surface area contributed by atoms with Gasteiger partial charge in [-0.15, -0.1) is 0 Å². The second kappa shape index (κ2) is 10.0. The van der Waals surface area contributed by atoms with Crippen molar-refractivity contribution in [1.29, 1.82) is 0 Å². The Bertz CT molecular complexity index is 844. The highest BCUT2D eigenvalue weighted by Gasteiger charge is 2.27. The van der Waals surface area contributed by atoms with Crippen LogP contribution in [0.3, 0.4) is 0 Å². The number of aromatic nitrogens is 3. The summed E-state index contributed by atoms with van der Waals surface area (Å²) in [5.74, 6) is 0.222. The number of fused-ring (bicyclic) bond motifs is 1. The maximum atomic E-state index is 12.8. The molecule has 0 radical (unpaired) electrons. The molecule has 0 bridgehead atoms. The lowest BCUT2D eigenvalue weighted by atomic mass is 9.93. The molecule has 2 heterocycles. The van der Waals surface area contributed by atoms with E-state index in [4.69, 9.17) is 9.57 Å². The highest BCUT2D eigenvalue weighted by atomic mass is 16.6. The summed E-state index contributed by atoms with van der Waals surface area (Å²) >= 11 is 0. The minimum Gasteiger partial charge on any atom is -0.478 e. The Morgan fingerprint density at radius 3 is 2.93 bits per heavy atom. The van der Waals surface area contributed by atoms with Crippen LogP contribution < -0.4 is 10.1 Å². The lowest BCUT2D eigenvalue weighted by Crippen LogP contribution is -2.19. The van der Waals surface area contributed by atoms with E-state index in [0.29, 0.717) is 30.5 Å². The van der Waals surface area contributed by atoms with Crippen molar-refractivity contribution >= 4 is 17.3 Å². The van der Waals surface area contributed by atoms with Crippen molar-refractivity contribution in [3.8, 4) is 5.88 Å². The topological polar surface area (TPSA) is 105 Å². The van der Waals surface area contributed by atoms with E-state index >= 15 is 0 Å². The molecule has 1 aliphatic carbocycles. The number of pyridine rings is 1. The van der Waals surface area contributed by atoms with Crippen LogP contribution >= 0.6 is 0 Å². The first-order valence-corrected chi connectivity index (χ1v) is 9.90. The Labute approximate surface area is 170 Å². The van der Waals surface area contributed by atoms with E-state index in [2.05, 4.69) is 30.6 Å². The summed E-state index contributed by atoms with van der Waals surface area (Å²) < 4.78 is 5.62. The van der Waals surface area contributed by atoms with Gasteiger partial charge < -0.3 is 19.8 Å². The van der Waals surface area contributed by atoms with Gasteiger partial charge in [0, 0.05) is 18.3 Å². The lowest BCUT2D eigenvalue weighted by Gasteiger charge is -2.14.